The molecule has 0 radical (unpaired) electrons. The molecule has 1 atom stereocenters. The number of carbonyl (C=O) groups is 3. The zero-order chi connectivity index (χ0) is 25.1. The molecule has 1 unspecified atom stereocenters. The lowest BCUT2D eigenvalue weighted by Gasteiger charge is -2.24. The van der Waals surface area contributed by atoms with E-state index in [1.54, 1.807) is 0 Å². The van der Waals surface area contributed by atoms with Crippen molar-refractivity contribution in [2.75, 3.05) is 10.2 Å². The highest BCUT2D eigenvalue weighted by atomic mass is 35.5. The first-order chi connectivity index (χ1) is 16.7. The Morgan fingerprint density at radius 1 is 0.914 bits per heavy atom. The van der Waals surface area contributed by atoms with E-state index in [4.69, 9.17) is 23.8 Å². The third kappa shape index (κ3) is 5.44. The van der Waals surface area contributed by atoms with E-state index in [2.05, 4.69) is 10.7 Å². The number of amides is 3. The Kier molecular flexibility index (Phi) is 7.04. The number of nitrogens with one attached hydrogen (secondary N) is 2. The fourth-order valence-electron chi connectivity index (χ4n) is 3.42. The molecule has 1 saturated heterocycles. The predicted octanol–water partition coefficient (Wildman–Crippen LogP) is 4.29. The van der Waals surface area contributed by atoms with Gasteiger partial charge >= 0.3 is 0 Å². The molecule has 4 rings (SSSR count). The van der Waals surface area contributed by atoms with Gasteiger partial charge in [-0.2, -0.15) is 0 Å². The summed E-state index contributed by atoms with van der Waals surface area (Å²) in [6, 6.07) is 15.0. The second-order valence-electron chi connectivity index (χ2n) is 7.53. The van der Waals surface area contributed by atoms with Crippen LogP contribution in [0.3, 0.4) is 0 Å². The van der Waals surface area contributed by atoms with Crippen molar-refractivity contribution in [2.45, 2.75) is 12.5 Å². The molecule has 3 amide bonds. The van der Waals surface area contributed by atoms with Gasteiger partial charge in [-0.1, -0.05) is 11.6 Å². The second-order valence-corrected chi connectivity index (χ2v) is 8.33. The molecular formula is C24H17ClF2N4O3S. The molecule has 0 saturated carbocycles. The van der Waals surface area contributed by atoms with Crippen LogP contribution in [0.1, 0.15) is 16.8 Å². The summed E-state index contributed by atoms with van der Waals surface area (Å²) in [5, 5.41) is 4.05. The van der Waals surface area contributed by atoms with Crippen molar-refractivity contribution in [3.8, 4) is 0 Å². The molecule has 35 heavy (non-hydrogen) atoms. The molecule has 3 aromatic rings. The highest BCUT2D eigenvalue weighted by Gasteiger charge is 2.45. The van der Waals surface area contributed by atoms with Crippen LogP contribution in [0.5, 0.6) is 0 Å². The number of anilines is 2. The highest BCUT2D eigenvalue weighted by Crippen LogP contribution is 2.27. The molecular weight excluding hydrogens is 498 g/mol. The van der Waals surface area contributed by atoms with Crippen molar-refractivity contribution in [1.29, 1.82) is 0 Å². The maximum absolute atomic E-state index is 13.4. The normalized spacial score (nSPS) is 15.3. The Balaban J connectivity index is 1.59. The lowest BCUT2D eigenvalue weighted by atomic mass is 10.1. The van der Waals surface area contributed by atoms with Crippen LogP contribution < -0.4 is 15.6 Å². The van der Waals surface area contributed by atoms with Crippen LogP contribution in [0.15, 0.2) is 72.8 Å². The van der Waals surface area contributed by atoms with Crippen LogP contribution in [0, 0.1) is 11.6 Å². The van der Waals surface area contributed by atoms with Crippen molar-refractivity contribution in [3.05, 3.63) is 95.0 Å². The lowest BCUT2D eigenvalue weighted by molar-refractivity contribution is -0.124. The maximum atomic E-state index is 13.4. The zero-order valence-electron chi connectivity index (χ0n) is 17.9. The first kappa shape index (κ1) is 24.2. The summed E-state index contributed by atoms with van der Waals surface area (Å²) in [5.74, 6) is -2.71. The van der Waals surface area contributed by atoms with E-state index in [0.717, 1.165) is 22.0 Å². The molecule has 0 bridgehead atoms. The second kappa shape index (κ2) is 10.2. The average Bonchev–Trinajstić information content (AvgIpc) is 3.05. The van der Waals surface area contributed by atoms with Gasteiger partial charge < -0.3 is 5.32 Å². The maximum Gasteiger partial charge on any atom is 0.269 e. The molecule has 0 aliphatic carbocycles. The Hall–Kier alpha value is -3.89. The number of hydrogen-bond acceptors (Lipinski definition) is 4. The van der Waals surface area contributed by atoms with Gasteiger partial charge in [-0.3, -0.25) is 24.7 Å². The number of thiocarbonyl (C=S) groups is 1. The molecule has 1 fully saturated rings. The summed E-state index contributed by atoms with van der Waals surface area (Å²) in [6.07, 6.45) is -0.380. The van der Waals surface area contributed by atoms with Crippen LogP contribution in [0.4, 0.5) is 20.2 Å². The fourth-order valence-corrected chi connectivity index (χ4v) is 3.92. The van der Waals surface area contributed by atoms with Crippen LogP contribution in [-0.2, 0) is 9.59 Å². The predicted molar refractivity (Wildman–Crippen MR) is 131 cm³/mol. The van der Waals surface area contributed by atoms with Crippen molar-refractivity contribution in [2.24, 2.45) is 0 Å². The van der Waals surface area contributed by atoms with Gasteiger partial charge in [-0.15, -0.1) is 0 Å². The Labute approximate surface area is 209 Å². The molecule has 2 N–H and O–H groups in total. The standard InChI is InChI=1S/C24H17ClF2N4O3S/c25-15-3-1-14(2-4-15)22(33)29-31-20(13-21(32)28-18-9-5-16(26)6-10-18)23(34)30(24(31)35)19-11-7-17(27)8-12-19/h1-12,20H,13H2,(H,28,32)(H,29,33). The number of benzene rings is 3. The molecule has 7 nitrogen and oxygen atoms in total. The third-order valence-electron chi connectivity index (χ3n) is 5.13. The Morgan fingerprint density at radius 3 is 2.09 bits per heavy atom. The average molecular weight is 515 g/mol. The van der Waals surface area contributed by atoms with Gasteiger partial charge in [0.2, 0.25) is 11.0 Å². The highest BCUT2D eigenvalue weighted by molar-refractivity contribution is 7.80. The molecule has 1 aliphatic heterocycles. The van der Waals surface area contributed by atoms with Crippen molar-refractivity contribution < 1.29 is 23.2 Å². The van der Waals surface area contributed by atoms with E-state index in [1.165, 1.54) is 60.7 Å². The first-order valence-corrected chi connectivity index (χ1v) is 11.1. The van der Waals surface area contributed by atoms with Gasteiger partial charge in [0.1, 0.15) is 17.7 Å². The molecule has 1 heterocycles. The number of rotatable bonds is 6. The van der Waals surface area contributed by atoms with E-state index in [1.807, 2.05) is 0 Å². The largest absolute Gasteiger partial charge is 0.326 e. The SMILES string of the molecule is O=C(CC1C(=O)N(c2ccc(F)cc2)C(=S)N1NC(=O)c1ccc(Cl)cc1)Nc1ccc(F)cc1. The van der Waals surface area contributed by atoms with Gasteiger partial charge in [0, 0.05) is 16.3 Å². The van der Waals surface area contributed by atoms with Crippen LogP contribution in [0.25, 0.3) is 0 Å². The summed E-state index contributed by atoms with van der Waals surface area (Å²) in [7, 11) is 0. The molecule has 0 aromatic heterocycles. The number of hydrazine groups is 1. The van der Waals surface area contributed by atoms with Gasteiger partial charge in [0.25, 0.3) is 11.8 Å². The minimum Gasteiger partial charge on any atom is -0.326 e. The third-order valence-corrected chi connectivity index (χ3v) is 5.77. The minimum atomic E-state index is -1.19. The Bertz CT molecular complexity index is 1290. The van der Waals surface area contributed by atoms with E-state index in [-0.39, 0.29) is 22.8 Å². The quantitative estimate of drug-likeness (QED) is 0.480. The monoisotopic (exact) mass is 514 g/mol. The van der Waals surface area contributed by atoms with Gasteiger partial charge in [0.05, 0.1) is 12.1 Å². The van der Waals surface area contributed by atoms with Crippen molar-refractivity contribution in [1.82, 2.24) is 10.4 Å². The fraction of sp³-hybridized carbons (Fsp3) is 0.0833. The lowest BCUT2D eigenvalue weighted by Crippen LogP contribution is -2.49. The van der Waals surface area contributed by atoms with E-state index < -0.39 is 35.4 Å². The minimum absolute atomic E-state index is 0.0940. The van der Waals surface area contributed by atoms with Crippen molar-refractivity contribution >= 4 is 58.0 Å². The molecule has 11 heteroatoms. The number of carbonyl (C=O) groups excluding carboxylic acids is 3. The topological polar surface area (TPSA) is 81.8 Å². The summed E-state index contributed by atoms with van der Waals surface area (Å²) in [5.41, 5.74) is 3.43. The van der Waals surface area contributed by atoms with Crippen LogP contribution in [-0.4, -0.2) is 33.9 Å². The summed E-state index contributed by atoms with van der Waals surface area (Å²) < 4.78 is 26.6. The van der Waals surface area contributed by atoms with Gasteiger partial charge in [-0.05, 0) is 85.0 Å². The smallest absolute Gasteiger partial charge is 0.269 e. The van der Waals surface area contributed by atoms with Gasteiger partial charge in [0.15, 0.2) is 0 Å². The summed E-state index contributed by atoms with van der Waals surface area (Å²) in [6.45, 7) is 0. The van der Waals surface area contributed by atoms with E-state index >= 15 is 0 Å². The van der Waals surface area contributed by atoms with Gasteiger partial charge in [-0.25, -0.2) is 13.8 Å². The molecule has 1 aliphatic rings. The Morgan fingerprint density at radius 2 is 1.49 bits per heavy atom. The number of halogens is 3. The molecule has 178 valence electrons. The van der Waals surface area contributed by atoms with E-state index in [0.29, 0.717) is 10.7 Å². The first-order valence-electron chi connectivity index (χ1n) is 10.3. The van der Waals surface area contributed by atoms with Crippen LogP contribution >= 0.6 is 23.8 Å². The van der Waals surface area contributed by atoms with Crippen molar-refractivity contribution in [3.63, 3.8) is 0 Å². The van der Waals surface area contributed by atoms with Crippen LogP contribution in [0.2, 0.25) is 5.02 Å². The zero-order valence-corrected chi connectivity index (χ0v) is 19.4. The number of hydrogen-bond donors (Lipinski definition) is 2. The summed E-state index contributed by atoms with van der Waals surface area (Å²) in [4.78, 5) is 40.0. The molecule has 0 spiro atoms. The van der Waals surface area contributed by atoms with E-state index in [9.17, 15) is 23.2 Å². The summed E-state index contributed by atoms with van der Waals surface area (Å²) >= 11 is 11.3. The molecule has 3 aromatic carbocycles. The number of nitrogens with zero attached hydrogens (tertiary/aromatic N) is 2.